The summed E-state index contributed by atoms with van der Waals surface area (Å²) in [4.78, 5) is 2.19. The molecule has 0 aromatic carbocycles. The third-order valence-corrected chi connectivity index (χ3v) is 3.12. The molecular weight excluding hydrogens is 218 g/mol. The highest BCUT2D eigenvalue weighted by molar-refractivity contribution is 7.87. The summed E-state index contributed by atoms with van der Waals surface area (Å²) in [5.74, 6) is 0. The summed E-state index contributed by atoms with van der Waals surface area (Å²) in [6, 6.07) is 0. The summed E-state index contributed by atoms with van der Waals surface area (Å²) in [6.45, 7) is 7.30. The minimum absolute atomic E-state index is 0.240. The molecule has 1 rings (SSSR count). The van der Waals surface area contributed by atoms with Gasteiger partial charge in [0, 0.05) is 25.2 Å². The molecule has 1 saturated heterocycles. The van der Waals surface area contributed by atoms with Crippen LogP contribution in [0.5, 0.6) is 0 Å². The molecule has 0 aromatic heterocycles. The summed E-state index contributed by atoms with van der Waals surface area (Å²) in [5, 5.41) is 4.89. The first kappa shape index (κ1) is 12.9. The SMILES string of the molecule is CC(C)(CNS(N)(=O)=O)N1CCOCC1. The predicted octanol–water partition coefficient (Wildman–Crippen LogP) is -1.11. The topological polar surface area (TPSA) is 84.7 Å². The van der Waals surface area contributed by atoms with Gasteiger partial charge in [0.1, 0.15) is 0 Å². The monoisotopic (exact) mass is 237 g/mol. The number of nitrogens with zero attached hydrogens (tertiary/aromatic N) is 1. The summed E-state index contributed by atoms with van der Waals surface area (Å²) in [6.07, 6.45) is 0. The summed E-state index contributed by atoms with van der Waals surface area (Å²) >= 11 is 0. The Kier molecular flexibility index (Phi) is 4.07. The zero-order valence-electron chi connectivity index (χ0n) is 9.19. The quantitative estimate of drug-likeness (QED) is 0.649. The molecule has 1 fully saturated rings. The maximum absolute atomic E-state index is 10.8. The van der Waals surface area contributed by atoms with Crippen molar-refractivity contribution in [1.82, 2.24) is 9.62 Å². The van der Waals surface area contributed by atoms with Gasteiger partial charge in [0.15, 0.2) is 0 Å². The average molecular weight is 237 g/mol. The zero-order chi connectivity index (χ0) is 11.5. The Hall–Kier alpha value is -0.210. The molecule has 0 unspecified atom stereocenters. The van der Waals surface area contributed by atoms with Crippen LogP contribution in [-0.4, -0.2) is 51.7 Å². The van der Waals surface area contributed by atoms with Gasteiger partial charge < -0.3 is 4.74 Å². The zero-order valence-corrected chi connectivity index (χ0v) is 10.0. The number of nitrogens with one attached hydrogen (secondary N) is 1. The lowest BCUT2D eigenvalue weighted by atomic mass is 10.0. The molecule has 1 aliphatic rings. The van der Waals surface area contributed by atoms with Gasteiger partial charge in [-0.1, -0.05) is 0 Å². The van der Waals surface area contributed by atoms with Crippen LogP contribution in [0.1, 0.15) is 13.8 Å². The standard InChI is InChI=1S/C8H19N3O3S/c1-8(2,7-10-15(9,12)13)11-3-5-14-6-4-11/h10H,3-7H2,1-2H3,(H2,9,12,13). The molecule has 0 aromatic rings. The Morgan fingerprint density at radius 3 is 2.40 bits per heavy atom. The van der Waals surface area contributed by atoms with E-state index in [1.807, 2.05) is 13.8 Å². The molecule has 6 nitrogen and oxygen atoms in total. The van der Waals surface area contributed by atoms with Gasteiger partial charge in [-0.3, -0.25) is 4.90 Å². The second-order valence-electron chi connectivity index (χ2n) is 4.28. The van der Waals surface area contributed by atoms with Gasteiger partial charge in [0.25, 0.3) is 10.2 Å². The molecule has 7 heteroatoms. The van der Waals surface area contributed by atoms with E-state index in [0.29, 0.717) is 19.8 Å². The van der Waals surface area contributed by atoms with E-state index in [9.17, 15) is 8.42 Å². The van der Waals surface area contributed by atoms with Crippen molar-refractivity contribution < 1.29 is 13.2 Å². The van der Waals surface area contributed by atoms with Crippen LogP contribution in [0, 0.1) is 0 Å². The molecule has 0 atom stereocenters. The fraction of sp³-hybridized carbons (Fsp3) is 1.00. The Morgan fingerprint density at radius 2 is 1.93 bits per heavy atom. The molecule has 0 amide bonds. The van der Waals surface area contributed by atoms with E-state index in [0.717, 1.165) is 13.1 Å². The molecule has 15 heavy (non-hydrogen) atoms. The number of hydrogen-bond acceptors (Lipinski definition) is 4. The molecule has 90 valence electrons. The van der Waals surface area contributed by atoms with E-state index >= 15 is 0 Å². The van der Waals surface area contributed by atoms with Crippen LogP contribution in [0.2, 0.25) is 0 Å². The highest BCUT2D eigenvalue weighted by Gasteiger charge is 2.28. The van der Waals surface area contributed by atoms with Crippen LogP contribution in [0.15, 0.2) is 0 Å². The van der Waals surface area contributed by atoms with E-state index < -0.39 is 10.2 Å². The summed E-state index contributed by atoms with van der Waals surface area (Å²) < 4.78 is 29.1. The smallest absolute Gasteiger partial charge is 0.274 e. The number of nitrogens with two attached hydrogens (primary N) is 1. The maximum atomic E-state index is 10.8. The van der Waals surface area contributed by atoms with Crippen molar-refractivity contribution in [2.45, 2.75) is 19.4 Å². The first-order valence-electron chi connectivity index (χ1n) is 4.91. The first-order valence-corrected chi connectivity index (χ1v) is 6.46. The van der Waals surface area contributed by atoms with E-state index in [1.54, 1.807) is 0 Å². The third kappa shape index (κ3) is 4.43. The lowest BCUT2D eigenvalue weighted by molar-refractivity contribution is -0.00803. The molecule has 1 heterocycles. The average Bonchev–Trinajstić information content (AvgIpc) is 2.16. The molecule has 0 radical (unpaired) electrons. The van der Waals surface area contributed by atoms with E-state index in [4.69, 9.17) is 9.88 Å². The Morgan fingerprint density at radius 1 is 1.40 bits per heavy atom. The van der Waals surface area contributed by atoms with Crippen molar-refractivity contribution in [2.24, 2.45) is 5.14 Å². The number of ether oxygens (including phenoxy) is 1. The van der Waals surface area contributed by atoms with Crippen molar-refractivity contribution >= 4 is 10.2 Å². The second-order valence-corrected chi connectivity index (χ2v) is 5.66. The lowest BCUT2D eigenvalue weighted by Crippen LogP contribution is -2.55. The first-order chi connectivity index (χ1) is 6.81. The van der Waals surface area contributed by atoms with E-state index in [-0.39, 0.29) is 5.54 Å². The van der Waals surface area contributed by atoms with Gasteiger partial charge in [-0.05, 0) is 13.8 Å². The molecule has 3 N–H and O–H groups in total. The fourth-order valence-electron chi connectivity index (χ4n) is 1.56. The fourth-order valence-corrected chi connectivity index (χ4v) is 2.11. The van der Waals surface area contributed by atoms with Crippen molar-refractivity contribution in [1.29, 1.82) is 0 Å². The Balaban J connectivity index is 2.49. The third-order valence-electron chi connectivity index (χ3n) is 2.57. The van der Waals surface area contributed by atoms with Gasteiger partial charge in [-0.2, -0.15) is 8.42 Å². The number of morpholine rings is 1. The molecule has 0 bridgehead atoms. The normalized spacial score (nSPS) is 20.5. The van der Waals surface area contributed by atoms with Gasteiger partial charge in [-0.25, -0.2) is 9.86 Å². The minimum atomic E-state index is -3.60. The molecule has 0 aliphatic carbocycles. The predicted molar refractivity (Wildman–Crippen MR) is 57.6 cm³/mol. The lowest BCUT2D eigenvalue weighted by Gasteiger charge is -2.40. The van der Waals surface area contributed by atoms with Crippen LogP contribution >= 0.6 is 0 Å². The molecule has 0 spiro atoms. The molecular formula is C8H19N3O3S. The van der Waals surface area contributed by atoms with E-state index in [1.165, 1.54) is 0 Å². The van der Waals surface area contributed by atoms with E-state index in [2.05, 4.69) is 9.62 Å². The van der Waals surface area contributed by atoms with Crippen LogP contribution in [-0.2, 0) is 14.9 Å². The van der Waals surface area contributed by atoms with Gasteiger partial charge in [-0.15, -0.1) is 0 Å². The van der Waals surface area contributed by atoms with Crippen molar-refractivity contribution in [3.05, 3.63) is 0 Å². The highest BCUT2D eigenvalue weighted by Crippen LogP contribution is 2.14. The largest absolute Gasteiger partial charge is 0.379 e. The Bertz CT molecular complexity index is 296. The minimum Gasteiger partial charge on any atom is -0.379 e. The van der Waals surface area contributed by atoms with Crippen LogP contribution in [0.4, 0.5) is 0 Å². The van der Waals surface area contributed by atoms with Crippen LogP contribution in [0.25, 0.3) is 0 Å². The maximum Gasteiger partial charge on any atom is 0.274 e. The number of hydrogen-bond donors (Lipinski definition) is 2. The van der Waals surface area contributed by atoms with Crippen molar-refractivity contribution in [3.8, 4) is 0 Å². The summed E-state index contributed by atoms with van der Waals surface area (Å²) in [5.41, 5.74) is -0.240. The van der Waals surface area contributed by atoms with Gasteiger partial charge in [0.2, 0.25) is 0 Å². The molecule has 1 aliphatic heterocycles. The van der Waals surface area contributed by atoms with Gasteiger partial charge in [0.05, 0.1) is 13.2 Å². The van der Waals surface area contributed by atoms with Crippen molar-refractivity contribution in [2.75, 3.05) is 32.8 Å². The Labute approximate surface area is 90.9 Å². The van der Waals surface area contributed by atoms with Crippen molar-refractivity contribution in [3.63, 3.8) is 0 Å². The number of rotatable bonds is 4. The summed E-state index contributed by atoms with van der Waals surface area (Å²) in [7, 11) is -3.60. The second kappa shape index (κ2) is 4.75. The molecule has 0 saturated carbocycles. The van der Waals surface area contributed by atoms with Gasteiger partial charge >= 0.3 is 0 Å². The highest BCUT2D eigenvalue weighted by atomic mass is 32.2. The van der Waals surface area contributed by atoms with Crippen LogP contribution < -0.4 is 9.86 Å². The van der Waals surface area contributed by atoms with Crippen LogP contribution in [0.3, 0.4) is 0 Å².